The highest BCUT2D eigenvalue weighted by atomic mass is 127. The van der Waals surface area contributed by atoms with Crippen LogP contribution in [-0.4, -0.2) is 35.6 Å². The van der Waals surface area contributed by atoms with Crippen LogP contribution in [0.1, 0.15) is 44.9 Å². The molecule has 0 N–H and O–H groups in total. The quantitative estimate of drug-likeness (QED) is 0.367. The number of rotatable bonds is 6. The largest absolute Gasteiger partial charge is 0.454 e. The van der Waals surface area contributed by atoms with Crippen molar-refractivity contribution in [2.24, 2.45) is 0 Å². The van der Waals surface area contributed by atoms with Gasteiger partial charge in [0.25, 0.3) is 0 Å². The van der Waals surface area contributed by atoms with E-state index in [1.807, 2.05) is 26.0 Å². The third kappa shape index (κ3) is 4.35. The predicted molar refractivity (Wildman–Crippen MR) is 107 cm³/mol. The number of hydrogen-bond acceptors (Lipinski definition) is 4. The molecule has 1 saturated heterocycles. The first kappa shape index (κ1) is 19.1. The summed E-state index contributed by atoms with van der Waals surface area (Å²) in [7, 11) is 0. The summed E-state index contributed by atoms with van der Waals surface area (Å²) in [5.74, 6) is -0.666. The highest BCUT2D eigenvalue weighted by Gasteiger charge is 2.21. The molecule has 0 amide bonds. The van der Waals surface area contributed by atoms with Crippen molar-refractivity contribution in [1.82, 2.24) is 4.57 Å². The first-order valence-corrected chi connectivity index (χ1v) is 9.78. The molecule has 2 aromatic rings. The number of benzene rings is 1. The lowest BCUT2D eigenvalue weighted by atomic mass is 10.1. The Morgan fingerprint density at radius 1 is 1.31 bits per heavy atom. The molecular weight excluding hydrogens is 445 g/mol. The average molecular weight is 467 g/mol. The third-order valence-corrected chi connectivity index (χ3v) is 5.35. The van der Waals surface area contributed by atoms with Crippen LogP contribution in [0.5, 0.6) is 0 Å². The van der Waals surface area contributed by atoms with Gasteiger partial charge < -0.3 is 14.0 Å². The molecule has 2 heterocycles. The van der Waals surface area contributed by atoms with Crippen LogP contribution in [0.4, 0.5) is 0 Å². The molecule has 138 valence electrons. The van der Waals surface area contributed by atoms with Crippen molar-refractivity contribution >= 4 is 34.3 Å². The van der Waals surface area contributed by atoms with Gasteiger partial charge in [0.05, 0.1) is 11.7 Å². The third-order valence-electron chi connectivity index (χ3n) is 4.68. The van der Waals surface area contributed by atoms with E-state index in [1.165, 1.54) is 0 Å². The fourth-order valence-electron chi connectivity index (χ4n) is 3.26. The molecule has 0 aliphatic carbocycles. The summed E-state index contributed by atoms with van der Waals surface area (Å²) in [6.45, 7) is 5.22. The molecule has 1 aromatic carbocycles. The van der Waals surface area contributed by atoms with Crippen molar-refractivity contribution in [3.05, 3.63) is 56.4 Å². The molecule has 1 atom stereocenters. The number of aromatic nitrogens is 1. The van der Waals surface area contributed by atoms with Crippen LogP contribution < -0.4 is 0 Å². The minimum absolute atomic E-state index is 0.185. The number of halogens is 1. The normalized spacial score (nSPS) is 16.7. The number of aryl methyl sites for hydroxylation is 1. The molecule has 0 radical (unpaired) electrons. The molecule has 1 fully saturated rings. The maximum absolute atomic E-state index is 12.5. The van der Waals surface area contributed by atoms with Gasteiger partial charge in [-0.25, -0.2) is 4.79 Å². The van der Waals surface area contributed by atoms with Crippen LogP contribution in [0.3, 0.4) is 0 Å². The Labute approximate surface area is 166 Å². The summed E-state index contributed by atoms with van der Waals surface area (Å²) in [5.41, 5.74) is 2.98. The van der Waals surface area contributed by atoms with Crippen LogP contribution in [0, 0.1) is 17.4 Å². The SMILES string of the molecule is Cc1cc(C(=O)COC(=O)c2cccc(I)c2)c(C)n1C[C@@H]1CCCO1. The molecule has 1 aromatic heterocycles. The lowest BCUT2D eigenvalue weighted by Crippen LogP contribution is -2.18. The van der Waals surface area contributed by atoms with Gasteiger partial charge in [0.2, 0.25) is 5.78 Å². The van der Waals surface area contributed by atoms with Gasteiger partial charge in [-0.3, -0.25) is 4.79 Å². The summed E-state index contributed by atoms with van der Waals surface area (Å²) >= 11 is 2.13. The fraction of sp³-hybridized carbons (Fsp3) is 0.400. The number of carbonyl (C=O) groups excluding carboxylic acids is 2. The Morgan fingerprint density at radius 2 is 2.12 bits per heavy atom. The summed E-state index contributed by atoms with van der Waals surface area (Å²) in [6.07, 6.45) is 2.35. The second-order valence-corrected chi connectivity index (χ2v) is 7.79. The number of esters is 1. The first-order valence-electron chi connectivity index (χ1n) is 8.70. The maximum atomic E-state index is 12.5. The van der Waals surface area contributed by atoms with E-state index in [0.717, 1.165) is 41.0 Å². The Kier molecular flexibility index (Phi) is 6.13. The van der Waals surface area contributed by atoms with Gasteiger partial charge in [-0.2, -0.15) is 0 Å². The number of ketones is 1. The van der Waals surface area contributed by atoms with Gasteiger partial charge in [-0.15, -0.1) is 0 Å². The average Bonchev–Trinajstić information content (AvgIpc) is 3.23. The van der Waals surface area contributed by atoms with Gasteiger partial charge in [0.1, 0.15) is 0 Å². The van der Waals surface area contributed by atoms with E-state index in [0.29, 0.717) is 11.1 Å². The zero-order valence-corrected chi connectivity index (χ0v) is 17.1. The van der Waals surface area contributed by atoms with E-state index in [-0.39, 0.29) is 18.5 Å². The number of carbonyl (C=O) groups is 2. The predicted octanol–water partition coefficient (Wildman–Crippen LogP) is 3.93. The smallest absolute Gasteiger partial charge is 0.338 e. The van der Waals surface area contributed by atoms with Crippen molar-refractivity contribution in [3.63, 3.8) is 0 Å². The topological polar surface area (TPSA) is 57.5 Å². The monoisotopic (exact) mass is 467 g/mol. The zero-order chi connectivity index (χ0) is 18.7. The fourth-order valence-corrected chi connectivity index (χ4v) is 3.81. The van der Waals surface area contributed by atoms with Gasteiger partial charge in [0, 0.05) is 33.7 Å². The maximum Gasteiger partial charge on any atom is 0.338 e. The van der Waals surface area contributed by atoms with Crippen LogP contribution >= 0.6 is 22.6 Å². The van der Waals surface area contributed by atoms with E-state index in [1.54, 1.807) is 18.2 Å². The lowest BCUT2D eigenvalue weighted by Gasteiger charge is -2.14. The van der Waals surface area contributed by atoms with Crippen molar-refractivity contribution in [2.45, 2.75) is 39.3 Å². The molecule has 3 rings (SSSR count). The summed E-state index contributed by atoms with van der Waals surface area (Å²) in [4.78, 5) is 24.7. The van der Waals surface area contributed by atoms with Gasteiger partial charge in [-0.05, 0) is 73.5 Å². The Hall–Kier alpha value is -1.67. The van der Waals surface area contributed by atoms with E-state index in [9.17, 15) is 9.59 Å². The second-order valence-electron chi connectivity index (χ2n) is 6.54. The van der Waals surface area contributed by atoms with Crippen LogP contribution in [0.25, 0.3) is 0 Å². The van der Waals surface area contributed by atoms with E-state index in [4.69, 9.17) is 9.47 Å². The van der Waals surface area contributed by atoms with Crippen LogP contribution in [0.2, 0.25) is 0 Å². The minimum atomic E-state index is -0.481. The lowest BCUT2D eigenvalue weighted by molar-refractivity contribution is 0.0474. The highest BCUT2D eigenvalue weighted by Crippen LogP contribution is 2.21. The van der Waals surface area contributed by atoms with Crippen molar-refractivity contribution in [3.8, 4) is 0 Å². The summed E-state index contributed by atoms with van der Waals surface area (Å²) < 4.78 is 14.0. The molecule has 0 unspecified atom stereocenters. The molecular formula is C20H22INO4. The van der Waals surface area contributed by atoms with Crippen LogP contribution in [0.15, 0.2) is 30.3 Å². The van der Waals surface area contributed by atoms with E-state index < -0.39 is 5.97 Å². The first-order chi connectivity index (χ1) is 12.5. The zero-order valence-electron chi connectivity index (χ0n) is 15.0. The molecule has 1 aliphatic rings. The van der Waals surface area contributed by atoms with Gasteiger partial charge in [-0.1, -0.05) is 6.07 Å². The summed E-state index contributed by atoms with van der Waals surface area (Å²) in [5, 5.41) is 0. The second kappa shape index (κ2) is 8.35. The Bertz CT molecular complexity index is 821. The Morgan fingerprint density at radius 3 is 2.81 bits per heavy atom. The molecule has 1 aliphatic heterocycles. The van der Waals surface area contributed by atoms with Crippen molar-refractivity contribution in [1.29, 1.82) is 0 Å². The van der Waals surface area contributed by atoms with Gasteiger partial charge >= 0.3 is 5.97 Å². The molecule has 5 nitrogen and oxygen atoms in total. The number of nitrogens with zero attached hydrogens (tertiary/aromatic N) is 1. The number of hydrogen-bond donors (Lipinski definition) is 0. The van der Waals surface area contributed by atoms with Crippen molar-refractivity contribution < 1.29 is 19.1 Å². The standard InChI is InChI=1S/C20H22INO4/c1-13-9-18(14(2)22(13)11-17-7-4-8-25-17)19(23)12-26-20(24)15-5-3-6-16(21)10-15/h3,5-6,9-10,17H,4,7-8,11-12H2,1-2H3/t17-/m0/s1. The minimum Gasteiger partial charge on any atom is -0.454 e. The highest BCUT2D eigenvalue weighted by molar-refractivity contribution is 14.1. The molecule has 0 bridgehead atoms. The Balaban J connectivity index is 1.65. The molecule has 0 saturated carbocycles. The van der Waals surface area contributed by atoms with Crippen molar-refractivity contribution in [2.75, 3.05) is 13.2 Å². The van der Waals surface area contributed by atoms with E-state index in [2.05, 4.69) is 27.2 Å². The molecule has 26 heavy (non-hydrogen) atoms. The van der Waals surface area contributed by atoms with E-state index >= 15 is 0 Å². The van der Waals surface area contributed by atoms with Gasteiger partial charge in [0.15, 0.2) is 6.61 Å². The van der Waals surface area contributed by atoms with Crippen LogP contribution in [-0.2, 0) is 16.0 Å². The number of Topliss-reactive ketones (excluding diaryl/α,β-unsaturated/α-hetero) is 1. The summed E-state index contributed by atoms with van der Waals surface area (Å²) in [6, 6.07) is 8.97. The molecule has 6 heteroatoms. The number of ether oxygens (including phenoxy) is 2. The molecule has 0 spiro atoms.